The molecule has 5 rings (SSSR count). The van der Waals surface area contributed by atoms with Gasteiger partial charge in [0, 0.05) is 18.7 Å². The van der Waals surface area contributed by atoms with Gasteiger partial charge in [-0.2, -0.15) is 0 Å². The number of imidazole rings is 1. The molecule has 1 aliphatic rings. The molecule has 4 aromatic rings. The van der Waals surface area contributed by atoms with Crippen molar-refractivity contribution in [2.24, 2.45) is 0 Å². The summed E-state index contributed by atoms with van der Waals surface area (Å²) < 4.78 is 8.49. The SMILES string of the molecule is COc1ccc(CN2Cc3ccccc3-c3nc4cccc(Br)n4c32)cc1. The number of fused-ring (bicyclic) bond motifs is 5. The number of ether oxygens (including phenoxy) is 1. The molecular weight excluding hydrogens is 402 g/mol. The fourth-order valence-corrected chi connectivity index (χ4v) is 4.27. The van der Waals surface area contributed by atoms with Crippen LogP contribution in [-0.2, 0) is 13.1 Å². The van der Waals surface area contributed by atoms with Gasteiger partial charge in [-0.25, -0.2) is 4.98 Å². The molecule has 2 aromatic carbocycles. The van der Waals surface area contributed by atoms with Crippen molar-refractivity contribution in [3.8, 4) is 17.0 Å². The molecule has 3 heterocycles. The Morgan fingerprint density at radius 2 is 1.81 bits per heavy atom. The van der Waals surface area contributed by atoms with Gasteiger partial charge in [0.25, 0.3) is 0 Å². The molecule has 4 nitrogen and oxygen atoms in total. The summed E-state index contributed by atoms with van der Waals surface area (Å²) >= 11 is 3.71. The van der Waals surface area contributed by atoms with Gasteiger partial charge in [0.1, 0.15) is 22.9 Å². The van der Waals surface area contributed by atoms with Crippen molar-refractivity contribution >= 4 is 27.4 Å². The summed E-state index contributed by atoms with van der Waals surface area (Å²) in [7, 11) is 1.69. The van der Waals surface area contributed by atoms with Crippen molar-refractivity contribution in [2.45, 2.75) is 13.1 Å². The second-order valence-corrected chi connectivity index (χ2v) is 7.50. The molecule has 0 aliphatic carbocycles. The predicted molar refractivity (Wildman–Crippen MR) is 111 cm³/mol. The van der Waals surface area contributed by atoms with Crippen LogP contribution in [0.5, 0.6) is 5.75 Å². The van der Waals surface area contributed by atoms with Gasteiger partial charge >= 0.3 is 0 Å². The zero-order valence-electron chi connectivity index (χ0n) is 14.9. The van der Waals surface area contributed by atoms with Gasteiger partial charge in [0.05, 0.1) is 11.7 Å². The van der Waals surface area contributed by atoms with E-state index in [1.807, 2.05) is 18.2 Å². The van der Waals surface area contributed by atoms with Gasteiger partial charge in [-0.1, -0.05) is 42.5 Å². The summed E-state index contributed by atoms with van der Waals surface area (Å²) in [6, 6.07) is 22.9. The lowest BCUT2D eigenvalue weighted by molar-refractivity contribution is 0.414. The minimum Gasteiger partial charge on any atom is -0.497 e. The average Bonchev–Trinajstić information content (AvgIpc) is 3.10. The number of rotatable bonds is 3. The molecule has 0 spiro atoms. The third-order valence-electron chi connectivity index (χ3n) is 5.04. The third-order valence-corrected chi connectivity index (χ3v) is 5.66. The lowest BCUT2D eigenvalue weighted by Gasteiger charge is -2.30. The van der Waals surface area contributed by atoms with Crippen molar-refractivity contribution < 1.29 is 4.74 Å². The Bertz CT molecular complexity index is 1130. The summed E-state index contributed by atoms with van der Waals surface area (Å²) in [6.07, 6.45) is 0. The van der Waals surface area contributed by atoms with Gasteiger partial charge in [0.15, 0.2) is 0 Å². The molecule has 0 unspecified atom stereocenters. The topological polar surface area (TPSA) is 29.8 Å². The quantitative estimate of drug-likeness (QED) is 0.422. The maximum absolute atomic E-state index is 5.29. The third kappa shape index (κ3) is 2.70. The number of hydrogen-bond acceptors (Lipinski definition) is 3. The monoisotopic (exact) mass is 419 g/mol. The maximum atomic E-state index is 5.29. The fourth-order valence-electron chi connectivity index (χ4n) is 3.76. The van der Waals surface area contributed by atoms with Gasteiger partial charge < -0.3 is 9.64 Å². The van der Waals surface area contributed by atoms with Crippen LogP contribution < -0.4 is 9.64 Å². The van der Waals surface area contributed by atoms with Crippen LogP contribution in [0.4, 0.5) is 5.82 Å². The van der Waals surface area contributed by atoms with Gasteiger partial charge in [-0.3, -0.25) is 4.40 Å². The van der Waals surface area contributed by atoms with Crippen LogP contribution >= 0.6 is 15.9 Å². The maximum Gasteiger partial charge on any atom is 0.143 e. The molecule has 0 atom stereocenters. The number of anilines is 1. The molecule has 0 fully saturated rings. The highest BCUT2D eigenvalue weighted by molar-refractivity contribution is 9.10. The summed E-state index contributed by atoms with van der Waals surface area (Å²) in [6.45, 7) is 1.66. The lowest BCUT2D eigenvalue weighted by atomic mass is 9.99. The number of nitrogens with zero attached hydrogens (tertiary/aromatic N) is 3. The summed E-state index contributed by atoms with van der Waals surface area (Å²) in [4.78, 5) is 7.34. The summed E-state index contributed by atoms with van der Waals surface area (Å²) in [5, 5.41) is 0. The van der Waals surface area contributed by atoms with Crippen molar-refractivity contribution in [3.63, 3.8) is 0 Å². The van der Waals surface area contributed by atoms with Crippen molar-refractivity contribution in [1.29, 1.82) is 0 Å². The van der Waals surface area contributed by atoms with Crippen molar-refractivity contribution in [3.05, 3.63) is 82.5 Å². The first-order valence-corrected chi connectivity index (χ1v) is 9.67. The van der Waals surface area contributed by atoms with Crippen LogP contribution in [0.3, 0.4) is 0 Å². The molecular formula is C22H18BrN3O. The number of aromatic nitrogens is 2. The highest BCUT2D eigenvalue weighted by Gasteiger charge is 2.27. The number of benzene rings is 2. The summed E-state index contributed by atoms with van der Waals surface area (Å²) in [5.74, 6) is 2.01. The van der Waals surface area contributed by atoms with E-state index in [1.54, 1.807) is 7.11 Å². The van der Waals surface area contributed by atoms with Crippen LogP contribution in [0.1, 0.15) is 11.1 Å². The average molecular weight is 420 g/mol. The van der Waals surface area contributed by atoms with Crippen LogP contribution in [0.25, 0.3) is 16.9 Å². The van der Waals surface area contributed by atoms with Crippen LogP contribution in [0.15, 0.2) is 71.3 Å². The van der Waals surface area contributed by atoms with Crippen LogP contribution in [-0.4, -0.2) is 16.5 Å². The zero-order valence-corrected chi connectivity index (χ0v) is 16.5. The molecule has 1 aliphatic heterocycles. The van der Waals surface area contributed by atoms with Gasteiger partial charge in [-0.15, -0.1) is 0 Å². The molecule has 0 amide bonds. The van der Waals surface area contributed by atoms with E-state index in [9.17, 15) is 0 Å². The van der Waals surface area contributed by atoms with Crippen LogP contribution in [0.2, 0.25) is 0 Å². The molecule has 0 saturated heterocycles. The first-order valence-electron chi connectivity index (χ1n) is 8.88. The highest BCUT2D eigenvalue weighted by atomic mass is 79.9. The van der Waals surface area contributed by atoms with Crippen molar-refractivity contribution in [2.75, 3.05) is 12.0 Å². The Balaban J connectivity index is 1.66. The van der Waals surface area contributed by atoms with E-state index in [-0.39, 0.29) is 0 Å². The first-order chi connectivity index (χ1) is 13.2. The summed E-state index contributed by atoms with van der Waals surface area (Å²) in [5.41, 5.74) is 5.75. The second-order valence-electron chi connectivity index (χ2n) is 6.69. The van der Waals surface area contributed by atoms with E-state index in [1.165, 1.54) is 16.7 Å². The molecule has 0 bridgehead atoms. The normalized spacial score (nSPS) is 12.7. The zero-order chi connectivity index (χ0) is 18.4. The number of methoxy groups -OCH3 is 1. The minimum absolute atomic E-state index is 0.806. The van der Waals surface area contributed by atoms with Gasteiger partial charge in [0.2, 0.25) is 0 Å². The Morgan fingerprint density at radius 1 is 1.00 bits per heavy atom. The standard InChI is InChI=1S/C22H18BrN3O/c1-27-17-11-9-15(10-12-17)13-25-14-16-5-2-3-6-18(16)21-22(25)26-19(23)7-4-8-20(26)24-21/h2-12H,13-14H2,1H3. The Hall–Kier alpha value is -2.79. The molecule has 0 radical (unpaired) electrons. The highest BCUT2D eigenvalue weighted by Crippen LogP contribution is 2.41. The molecule has 5 heteroatoms. The van der Waals surface area contributed by atoms with E-state index in [0.29, 0.717) is 0 Å². The smallest absolute Gasteiger partial charge is 0.143 e. The molecule has 0 N–H and O–H groups in total. The van der Waals surface area contributed by atoms with Crippen LogP contribution in [0, 0.1) is 0 Å². The van der Waals surface area contributed by atoms with E-state index in [0.717, 1.165) is 40.6 Å². The second kappa shape index (κ2) is 6.43. The number of halogens is 1. The molecule has 0 saturated carbocycles. The molecule has 27 heavy (non-hydrogen) atoms. The Labute approximate surface area is 166 Å². The lowest BCUT2D eigenvalue weighted by Crippen LogP contribution is -2.27. The minimum atomic E-state index is 0.806. The molecule has 134 valence electrons. The van der Waals surface area contributed by atoms with Crippen molar-refractivity contribution in [1.82, 2.24) is 9.38 Å². The van der Waals surface area contributed by atoms with E-state index < -0.39 is 0 Å². The number of hydrogen-bond donors (Lipinski definition) is 0. The first kappa shape index (κ1) is 16.4. The van der Waals surface area contributed by atoms with E-state index in [2.05, 4.69) is 73.8 Å². The Morgan fingerprint density at radius 3 is 2.63 bits per heavy atom. The Kier molecular flexibility index (Phi) is 3.90. The van der Waals surface area contributed by atoms with E-state index >= 15 is 0 Å². The largest absolute Gasteiger partial charge is 0.497 e. The molecule has 2 aromatic heterocycles. The van der Waals surface area contributed by atoms with E-state index in [4.69, 9.17) is 9.72 Å². The fraction of sp³-hybridized carbons (Fsp3) is 0.136. The van der Waals surface area contributed by atoms with Gasteiger partial charge in [-0.05, 0) is 51.3 Å². The number of pyridine rings is 1. The predicted octanol–water partition coefficient (Wildman–Crippen LogP) is 5.29.